The Hall–Kier alpha value is -1.07. The summed E-state index contributed by atoms with van der Waals surface area (Å²) in [6.45, 7) is 2.23. The predicted octanol–water partition coefficient (Wildman–Crippen LogP) is 1.36. The Morgan fingerprint density at radius 3 is 3.00 bits per heavy atom. The number of carbonyl (C=O) groups excluding carboxylic acids is 1. The van der Waals surface area contributed by atoms with Crippen LogP contribution in [0.5, 0.6) is 0 Å². The fourth-order valence-corrected chi connectivity index (χ4v) is 2.78. The standard InChI is InChI=1S/C13H18BrN3O/c1-15-8-13(18)16-10-6-7-17(9-10)12-5-3-2-4-11(12)14/h2-5,10,15H,6-9H2,1H3,(H,16,18). The normalized spacial score (nSPS) is 19.0. The third-order valence-electron chi connectivity index (χ3n) is 3.08. The zero-order chi connectivity index (χ0) is 13.0. The van der Waals surface area contributed by atoms with E-state index in [-0.39, 0.29) is 11.9 Å². The molecule has 5 heteroatoms. The topological polar surface area (TPSA) is 44.4 Å². The van der Waals surface area contributed by atoms with Crippen LogP contribution in [0, 0.1) is 0 Å². The first kappa shape index (κ1) is 13.4. The van der Waals surface area contributed by atoms with Crippen LogP contribution < -0.4 is 15.5 Å². The number of nitrogens with zero attached hydrogens (tertiary/aromatic N) is 1. The predicted molar refractivity (Wildman–Crippen MR) is 76.8 cm³/mol. The highest BCUT2D eigenvalue weighted by Crippen LogP contribution is 2.28. The van der Waals surface area contributed by atoms with Gasteiger partial charge in [-0.05, 0) is 41.5 Å². The molecule has 1 aromatic rings. The smallest absolute Gasteiger partial charge is 0.234 e. The van der Waals surface area contributed by atoms with Crippen molar-refractivity contribution in [3.05, 3.63) is 28.7 Å². The van der Waals surface area contributed by atoms with E-state index >= 15 is 0 Å². The lowest BCUT2D eigenvalue weighted by Gasteiger charge is -2.20. The maximum Gasteiger partial charge on any atom is 0.234 e. The van der Waals surface area contributed by atoms with E-state index in [1.165, 1.54) is 5.69 Å². The molecular weight excluding hydrogens is 294 g/mol. The second kappa shape index (κ2) is 6.20. The number of anilines is 1. The van der Waals surface area contributed by atoms with Gasteiger partial charge in [-0.3, -0.25) is 4.79 Å². The number of amides is 1. The highest BCUT2D eigenvalue weighted by atomic mass is 79.9. The molecule has 4 nitrogen and oxygen atoms in total. The fraction of sp³-hybridized carbons (Fsp3) is 0.462. The first-order valence-corrected chi connectivity index (χ1v) is 6.93. The van der Waals surface area contributed by atoms with E-state index in [1.54, 1.807) is 7.05 Å². The number of hydrogen-bond donors (Lipinski definition) is 2. The molecule has 1 unspecified atom stereocenters. The first-order chi connectivity index (χ1) is 8.70. The molecule has 1 aliphatic rings. The average Bonchev–Trinajstić information content (AvgIpc) is 2.78. The number of halogens is 1. The molecule has 1 amide bonds. The SMILES string of the molecule is CNCC(=O)NC1CCN(c2ccccc2Br)C1. The van der Waals surface area contributed by atoms with Crippen molar-refractivity contribution in [3.63, 3.8) is 0 Å². The van der Waals surface area contributed by atoms with Crippen molar-refractivity contribution < 1.29 is 4.79 Å². The van der Waals surface area contributed by atoms with Crippen molar-refractivity contribution >= 4 is 27.5 Å². The molecule has 0 aromatic heterocycles. The van der Waals surface area contributed by atoms with Gasteiger partial charge in [0.2, 0.25) is 5.91 Å². The van der Waals surface area contributed by atoms with Crippen molar-refractivity contribution in [2.75, 3.05) is 31.6 Å². The highest BCUT2D eigenvalue weighted by Gasteiger charge is 2.24. The number of likely N-dealkylation sites (N-methyl/N-ethyl adjacent to an activating group) is 1. The number of rotatable bonds is 4. The van der Waals surface area contributed by atoms with Gasteiger partial charge in [-0.1, -0.05) is 12.1 Å². The lowest BCUT2D eigenvalue weighted by molar-refractivity contribution is -0.120. The monoisotopic (exact) mass is 311 g/mol. The molecule has 0 spiro atoms. The third kappa shape index (κ3) is 3.23. The van der Waals surface area contributed by atoms with E-state index in [1.807, 2.05) is 18.2 Å². The van der Waals surface area contributed by atoms with Gasteiger partial charge in [-0.2, -0.15) is 0 Å². The summed E-state index contributed by atoms with van der Waals surface area (Å²) in [5.41, 5.74) is 1.20. The van der Waals surface area contributed by atoms with Gasteiger partial charge in [0.05, 0.1) is 12.2 Å². The zero-order valence-electron chi connectivity index (χ0n) is 10.4. The van der Waals surface area contributed by atoms with E-state index in [4.69, 9.17) is 0 Å². The lowest BCUT2D eigenvalue weighted by Crippen LogP contribution is -2.41. The van der Waals surface area contributed by atoms with Gasteiger partial charge in [-0.25, -0.2) is 0 Å². The minimum absolute atomic E-state index is 0.0662. The summed E-state index contributed by atoms with van der Waals surface area (Å²) in [6, 6.07) is 8.44. The van der Waals surface area contributed by atoms with Crippen molar-refractivity contribution in [2.45, 2.75) is 12.5 Å². The van der Waals surface area contributed by atoms with Crippen LogP contribution in [-0.2, 0) is 4.79 Å². The Balaban J connectivity index is 1.92. The van der Waals surface area contributed by atoms with E-state index in [0.29, 0.717) is 6.54 Å². The van der Waals surface area contributed by atoms with Crippen LogP contribution in [0.1, 0.15) is 6.42 Å². The summed E-state index contributed by atoms with van der Waals surface area (Å²) in [7, 11) is 1.78. The summed E-state index contributed by atoms with van der Waals surface area (Å²) in [5, 5.41) is 5.90. The van der Waals surface area contributed by atoms with Gasteiger partial charge in [0.25, 0.3) is 0 Å². The molecule has 0 saturated carbocycles. The number of hydrogen-bond acceptors (Lipinski definition) is 3. The Morgan fingerprint density at radius 2 is 2.28 bits per heavy atom. The van der Waals surface area contributed by atoms with Gasteiger partial charge >= 0.3 is 0 Å². The third-order valence-corrected chi connectivity index (χ3v) is 3.75. The minimum atomic E-state index is 0.0662. The second-order valence-corrected chi connectivity index (χ2v) is 5.34. The largest absolute Gasteiger partial charge is 0.368 e. The molecular formula is C13H18BrN3O. The van der Waals surface area contributed by atoms with Crippen LogP contribution in [0.3, 0.4) is 0 Å². The maximum atomic E-state index is 11.5. The highest BCUT2D eigenvalue weighted by molar-refractivity contribution is 9.10. The van der Waals surface area contributed by atoms with Gasteiger partial charge in [0.1, 0.15) is 0 Å². The van der Waals surface area contributed by atoms with E-state index < -0.39 is 0 Å². The number of para-hydroxylation sites is 1. The molecule has 1 fully saturated rings. The van der Waals surface area contributed by atoms with Crippen molar-refractivity contribution in [1.29, 1.82) is 0 Å². The summed E-state index contributed by atoms with van der Waals surface area (Å²) in [4.78, 5) is 13.8. The lowest BCUT2D eigenvalue weighted by atomic mass is 10.2. The van der Waals surface area contributed by atoms with E-state index in [0.717, 1.165) is 24.0 Å². The summed E-state index contributed by atoms with van der Waals surface area (Å²) in [6.07, 6.45) is 0.997. The average molecular weight is 312 g/mol. The summed E-state index contributed by atoms with van der Waals surface area (Å²) in [5.74, 6) is 0.0662. The molecule has 1 aromatic carbocycles. The van der Waals surface area contributed by atoms with Crippen LogP contribution in [0.2, 0.25) is 0 Å². The van der Waals surface area contributed by atoms with Crippen LogP contribution >= 0.6 is 15.9 Å². The Labute approximate surface area is 116 Å². The summed E-state index contributed by atoms with van der Waals surface area (Å²) >= 11 is 3.56. The van der Waals surface area contributed by atoms with Crippen molar-refractivity contribution in [1.82, 2.24) is 10.6 Å². The van der Waals surface area contributed by atoms with E-state index in [9.17, 15) is 4.79 Å². The molecule has 1 heterocycles. The minimum Gasteiger partial charge on any atom is -0.368 e. The van der Waals surface area contributed by atoms with Crippen LogP contribution in [-0.4, -0.2) is 38.6 Å². The summed E-state index contributed by atoms with van der Waals surface area (Å²) < 4.78 is 1.10. The molecule has 0 radical (unpaired) electrons. The first-order valence-electron chi connectivity index (χ1n) is 6.14. The number of benzene rings is 1. The van der Waals surface area contributed by atoms with Gasteiger partial charge in [0.15, 0.2) is 0 Å². The van der Waals surface area contributed by atoms with Crippen molar-refractivity contribution in [3.8, 4) is 0 Å². The molecule has 1 atom stereocenters. The van der Waals surface area contributed by atoms with Gasteiger partial charge in [0, 0.05) is 23.6 Å². The van der Waals surface area contributed by atoms with Crippen LogP contribution in [0.15, 0.2) is 28.7 Å². The molecule has 98 valence electrons. The Morgan fingerprint density at radius 1 is 1.50 bits per heavy atom. The van der Waals surface area contributed by atoms with Crippen LogP contribution in [0.25, 0.3) is 0 Å². The second-order valence-electron chi connectivity index (χ2n) is 4.48. The Bertz CT molecular complexity index is 424. The zero-order valence-corrected chi connectivity index (χ0v) is 12.0. The maximum absolute atomic E-state index is 11.5. The Kier molecular flexibility index (Phi) is 4.60. The molecule has 18 heavy (non-hydrogen) atoms. The van der Waals surface area contributed by atoms with Gasteiger partial charge < -0.3 is 15.5 Å². The van der Waals surface area contributed by atoms with Gasteiger partial charge in [-0.15, -0.1) is 0 Å². The van der Waals surface area contributed by atoms with Crippen LogP contribution in [0.4, 0.5) is 5.69 Å². The number of carbonyl (C=O) groups is 1. The van der Waals surface area contributed by atoms with E-state index in [2.05, 4.69) is 37.5 Å². The molecule has 2 rings (SSSR count). The molecule has 0 bridgehead atoms. The molecule has 0 aliphatic carbocycles. The quantitative estimate of drug-likeness (QED) is 0.882. The van der Waals surface area contributed by atoms with Crippen molar-refractivity contribution in [2.24, 2.45) is 0 Å². The molecule has 2 N–H and O–H groups in total. The molecule has 1 aliphatic heterocycles. The number of nitrogens with one attached hydrogen (secondary N) is 2. The molecule has 1 saturated heterocycles. The fourth-order valence-electron chi connectivity index (χ4n) is 2.24.